The molecule has 4 aliphatic carbocycles. The van der Waals surface area contributed by atoms with E-state index in [1.54, 1.807) is 11.1 Å². The highest BCUT2D eigenvalue weighted by Gasteiger charge is 2.31. The Morgan fingerprint density at radius 3 is 1.48 bits per heavy atom. The minimum Gasteiger partial charge on any atom is -0.372 e. The van der Waals surface area contributed by atoms with Crippen LogP contribution in [-0.4, -0.2) is 91.1 Å². The molecule has 8 nitrogen and oxygen atoms in total. The van der Waals surface area contributed by atoms with Gasteiger partial charge in [-0.05, 0) is 138 Å². The Morgan fingerprint density at radius 2 is 0.960 bits per heavy atom. The zero-order chi connectivity index (χ0) is 35.6. The summed E-state index contributed by atoms with van der Waals surface area (Å²) >= 11 is 0. The SMILES string of the molecule is CC1=C2CCOC(CN)C2=C(C)C1.CNCC1OCCC2=C(C)CC(C)=C21.CNCC1OCCC2=CCC=C21.NCC1OCCC2=CCC=C21. The molecule has 8 heteroatoms. The molecule has 8 aliphatic rings. The molecule has 4 fully saturated rings. The van der Waals surface area contributed by atoms with Crippen molar-refractivity contribution in [2.45, 2.75) is 103 Å². The first-order valence-electron chi connectivity index (χ1n) is 19.0. The van der Waals surface area contributed by atoms with Gasteiger partial charge >= 0.3 is 0 Å². The number of ether oxygens (including phenoxy) is 4. The second-order valence-corrected chi connectivity index (χ2v) is 14.5. The van der Waals surface area contributed by atoms with Gasteiger partial charge in [0.1, 0.15) is 0 Å². The van der Waals surface area contributed by atoms with Gasteiger partial charge in [-0.15, -0.1) is 0 Å². The third-order valence-electron chi connectivity index (χ3n) is 11.1. The largest absolute Gasteiger partial charge is 0.372 e. The summed E-state index contributed by atoms with van der Waals surface area (Å²) in [6.07, 6.45) is 18.9. The molecule has 0 saturated carbocycles. The van der Waals surface area contributed by atoms with E-state index in [9.17, 15) is 0 Å². The Hall–Kier alpha value is -2.40. The molecular weight excluding hydrogens is 624 g/mol. The van der Waals surface area contributed by atoms with E-state index >= 15 is 0 Å². The standard InChI is InChI=1S/C12H19NO.C11H17NO.C10H15NO.C9H13NO/c1-8-6-9(2)12-10(8)4-5-14-11(12)7-13-3;1-7-5-8(2)11-9(7)3-4-13-10(11)6-12;1-11-7-10-9-4-2-3-8(9)5-6-12-10;10-6-9-8-3-1-2-7(8)4-5-11-9/h11,13H,4-7H2,1-3H3;10H,3-6,12H2,1-2H3;3-4,10-11H,2,5-7H2,1H3;2-3,9H,1,4-6,10H2. The van der Waals surface area contributed by atoms with Gasteiger partial charge in [0.2, 0.25) is 0 Å². The van der Waals surface area contributed by atoms with E-state index in [0.29, 0.717) is 25.3 Å². The number of likely N-dealkylation sites (N-methyl/N-ethyl adjacent to an activating group) is 2. The molecule has 0 spiro atoms. The van der Waals surface area contributed by atoms with Crippen LogP contribution >= 0.6 is 0 Å². The lowest BCUT2D eigenvalue weighted by Gasteiger charge is -2.28. The molecule has 4 saturated heterocycles. The predicted octanol–water partition coefficient (Wildman–Crippen LogP) is 6.04. The fourth-order valence-corrected chi connectivity index (χ4v) is 8.79. The van der Waals surface area contributed by atoms with Gasteiger partial charge in [0.15, 0.2) is 0 Å². The van der Waals surface area contributed by atoms with Crippen LogP contribution < -0.4 is 22.1 Å². The van der Waals surface area contributed by atoms with E-state index in [4.69, 9.17) is 30.4 Å². The van der Waals surface area contributed by atoms with Crippen molar-refractivity contribution < 1.29 is 18.9 Å². The number of nitrogens with one attached hydrogen (secondary N) is 2. The molecule has 50 heavy (non-hydrogen) atoms. The average molecular weight is 689 g/mol. The first-order valence-corrected chi connectivity index (χ1v) is 19.0. The third kappa shape index (κ3) is 9.14. The fraction of sp³-hybridized carbons (Fsp3) is 0.619. The second-order valence-electron chi connectivity index (χ2n) is 14.5. The van der Waals surface area contributed by atoms with Crippen molar-refractivity contribution in [3.8, 4) is 0 Å². The smallest absolute Gasteiger partial charge is 0.0951 e. The van der Waals surface area contributed by atoms with Crippen molar-refractivity contribution in [1.29, 1.82) is 0 Å². The van der Waals surface area contributed by atoms with Gasteiger partial charge in [-0.1, -0.05) is 46.6 Å². The minimum atomic E-state index is 0.168. The van der Waals surface area contributed by atoms with E-state index in [-0.39, 0.29) is 12.2 Å². The van der Waals surface area contributed by atoms with Gasteiger partial charge in [-0.3, -0.25) is 0 Å². The summed E-state index contributed by atoms with van der Waals surface area (Å²) in [6, 6.07) is 0. The van der Waals surface area contributed by atoms with Crippen LogP contribution in [0.4, 0.5) is 0 Å². The number of rotatable bonds is 6. The van der Waals surface area contributed by atoms with Crippen LogP contribution in [0.25, 0.3) is 0 Å². The summed E-state index contributed by atoms with van der Waals surface area (Å²) in [5.41, 5.74) is 29.1. The summed E-state index contributed by atoms with van der Waals surface area (Å²) in [4.78, 5) is 0. The van der Waals surface area contributed by atoms with Crippen LogP contribution in [0.3, 0.4) is 0 Å². The van der Waals surface area contributed by atoms with Crippen molar-refractivity contribution in [1.82, 2.24) is 10.6 Å². The van der Waals surface area contributed by atoms with Crippen molar-refractivity contribution in [2.75, 3.05) is 66.7 Å². The molecule has 4 unspecified atom stereocenters. The Labute approximate surface area is 301 Å². The molecule has 4 atom stereocenters. The molecule has 4 heterocycles. The Bertz CT molecular complexity index is 1470. The number of fused-ring (bicyclic) bond motifs is 4. The number of hydrogen-bond donors (Lipinski definition) is 4. The topological polar surface area (TPSA) is 113 Å². The molecule has 0 aromatic rings. The Kier molecular flexibility index (Phi) is 14.7. The minimum absolute atomic E-state index is 0.168. The molecule has 4 aliphatic heterocycles. The quantitative estimate of drug-likeness (QED) is 0.267. The highest BCUT2D eigenvalue weighted by Crippen LogP contribution is 2.40. The lowest BCUT2D eigenvalue weighted by molar-refractivity contribution is 0.0678. The highest BCUT2D eigenvalue weighted by molar-refractivity contribution is 5.50. The van der Waals surface area contributed by atoms with Crippen molar-refractivity contribution in [3.05, 3.63) is 91.2 Å². The van der Waals surface area contributed by atoms with Gasteiger partial charge in [-0.2, -0.15) is 0 Å². The van der Waals surface area contributed by atoms with Crippen molar-refractivity contribution >= 4 is 0 Å². The lowest BCUT2D eigenvalue weighted by Crippen LogP contribution is -2.32. The molecule has 0 amide bonds. The van der Waals surface area contributed by atoms with E-state index in [1.807, 2.05) is 14.1 Å². The van der Waals surface area contributed by atoms with Gasteiger partial charge in [0.05, 0.1) is 50.8 Å². The van der Waals surface area contributed by atoms with E-state index < -0.39 is 0 Å². The summed E-state index contributed by atoms with van der Waals surface area (Å²) in [6.45, 7) is 15.5. The maximum Gasteiger partial charge on any atom is 0.0951 e. The van der Waals surface area contributed by atoms with Crippen LogP contribution in [0, 0.1) is 0 Å². The first kappa shape index (κ1) is 38.8. The summed E-state index contributed by atoms with van der Waals surface area (Å²) in [7, 11) is 3.95. The maximum absolute atomic E-state index is 5.80. The molecule has 8 rings (SSSR count). The van der Waals surface area contributed by atoms with Gasteiger partial charge in [0.25, 0.3) is 0 Å². The van der Waals surface area contributed by atoms with Crippen LogP contribution in [0.1, 0.15) is 79.1 Å². The molecule has 0 radical (unpaired) electrons. The van der Waals surface area contributed by atoms with Crippen LogP contribution in [-0.2, 0) is 18.9 Å². The lowest BCUT2D eigenvalue weighted by atomic mass is 9.95. The first-order chi connectivity index (χ1) is 24.3. The van der Waals surface area contributed by atoms with Gasteiger partial charge < -0.3 is 41.0 Å². The van der Waals surface area contributed by atoms with E-state index in [1.165, 1.54) is 55.7 Å². The second kappa shape index (κ2) is 18.9. The molecular formula is C42H64N4O4. The highest BCUT2D eigenvalue weighted by atomic mass is 16.5. The van der Waals surface area contributed by atoms with E-state index in [0.717, 1.165) is 90.9 Å². The molecule has 276 valence electrons. The van der Waals surface area contributed by atoms with Crippen molar-refractivity contribution in [2.24, 2.45) is 11.5 Å². The normalized spacial score (nSPS) is 28.2. The zero-order valence-corrected chi connectivity index (χ0v) is 31.7. The Balaban J connectivity index is 0.000000130. The number of hydrogen-bond acceptors (Lipinski definition) is 8. The van der Waals surface area contributed by atoms with Crippen LogP contribution in [0.15, 0.2) is 91.2 Å². The number of nitrogens with two attached hydrogens (primary N) is 2. The van der Waals surface area contributed by atoms with Crippen LogP contribution in [0.5, 0.6) is 0 Å². The third-order valence-corrected chi connectivity index (χ3v) is 11.1. The summed E-state index contributed by atoms with van der Waals surface area (Å²) in [5, 5.41) is 6.36. The van der Waals surface area contributed by atoms with Gasteiger partial charge in [0, 0.05) is 26.2 Å². The summed E-state index contributed by atoms with van der Waals surface area (Å²) in [5.74, 6) is 0. The summed E-state index contributed by atoms with van der Waals surface area (Å²) < 4.78 is 22.6. The molecule has 0 aromatic carbocycles. The number of allylic oxidation sites excluding steroid dienone is 8. The zero-order valence-electron chi connectivity index (χ0n) is 31.7. The average Bonchev–Trinajstić information content (AvgIpc) is 3.93. The van der Waals surface area contributed by atoms with Gasteiger partial charge in [-0.25, -0.2) is 0 Å². The van der Waals surface area contributed by atoms with Crippen LogP contribution in [0.2, 0.25) is 0 Å². The van der Waals surface area contributed by atoms with E-state index in [2.05, 4.69) is 62.6 Å². The molecule has 0 aromatic heterocycles. The fourth-order valence-electron chi connectivity index (χ4n) is 8.79. The molecule has 6 N–H and O–H groups in total. The molecule has 0 bridgehead atoms. The van der Waals surface area contributed by atoms with Crippen molar-refractivity contribution in [3.63, 3.8) is 0 Å². The maximum atomic E-state index is 5.80. The predicted molar refractivity (Wildman–Crippen MR) is 205 cm³/mol. The Morgan fingerprint density at radius 1 is 0.540 bits per heavy atom. The monoisotopic (exact) mass is 688 g/mol.